The summed E-state index contributed by atoms with van der Waals surface area (Å²) in [6.07, 6.45) is 7.80. The fraction of sp³-hybridized carbons (Fsp3) is 0.800. The summed E-state index contributed by atoms with van der Waals surface area (Å²) in [6.45, 7) is 9.32. The summed E-state index contributed by atoms with van der Waals surface area (Å²) in [5.74, 6) is 0.972. The van der Waals surface area contributed by atoms with E-state index in [0.29, 0.717) is 0 Å². The molecule has 0 radical (unpaired) electrons. The molecule has 0 unspecified atom stereocenters. The van der Waals surface area contributed by atoms with Crippen molar-refractivity contribution in [3.63, 3.8) is 0 Å². The summed E-state index contributed by atoms with van der Waals surface area (Å²) in [5.41, 5.74) is 0. The van der Waals surface area contributed by atoms with E-state index in [-0.39, 0.29) is 0 Å². The number of ether oxygens (including phenoxy) is 1. The Labute approximate surface area is 118 Å². The molecule has 0 aromatic heterocycles. The van der Waals surface area contributed by atoms with E-state index >= 15 is 0 Å². The first-order valence-electron chi connectivity index (χ1n) is 7.36. The maximum Gasteiger partial charge on any atom is 0.193 e. The van der Waals surface area contributed by atoms with Crippen LogP contribution in [-0.4, -0.2) is 51.3 Å². The first-order chi connectivity index (χ1) is 9.26. The Morgan fingerprint density at radius 3 is 2.74 bits per heavy atom. The second kappa shape index (κ2) is 13.4. The quantitative estimate of drug-likeness (QED) is 0.271. The normalized spacial score (nSPS) is 11.4. The lowest BCUT2D eigenvalue weighted by Crippen LogP contribution is -2.40. The molecular weight excluding hydrogens is 238 g/mol. The molecule has 0 aliphatic rings. The lowest BCUT2D eigenvalue weighted by atomic mass is 10.2. The number of hydrogen-bond acceptors (Lipinski definition) is 2. The second-order valence-corrected chi connectivity index (χ2v) is 4.58. The largest absolute Gasteiger partial charge is 0.382 e. The third-order valence-electron chi connectivity index (χ3n) is 2.93. The fourth-order valence-electron chi connectivity index (χ4n) is 1.82. The molecule has 0 atom stereocenters. The number of unbranched alkanes of at least 4 members (excludes halogenated alkanes) is 3. The number of guanidine groups is 1. The zero-order valence-electron chi connectivity index (χ0n) is 13.0. The molecule has 0 spiro atoms. The van der Waals surface area contributed by atoms with Crippen LogP contribution in [0.15, 0.2) is 17.6 Å². The van der Waals surface area contributed by atoms with E-state index in [1.165, 1.54) is 19.3 Å². The number of allylic oxidation sites excluding steroid dienone is 1. The van der Waals surface area contributed by atoms with Crippen molar-refractivity contribution in [2.45, 2.75) is 39.0 Å². The molecule has 4 nitrogen and oxygen atoms in total. The van der Waals surface area contributed by atoms with E-state index in [4.69, 9.17) is 4.74 Å². The van der Waals surface area contributed by atoms with E-state index in [0.717, 1.165) is 45.1 Å². The van der Waals surface area contributed by atoms with Crippen molar-refractivity contribution in [2.24, 2.45) is 4.99 Å². The van der Waals surface area contributed by atoms with Crippen LogP contribution in [0.3, 0.4) is 0 Å². The van der Waals surface area contributed by atoms with Gasteiger partial charge >= 0.3 is 0 Å². The van der Waals surface area contributed by atoms with Gasteiger partial charge in [-0.05, 0) is 32.6 Å². The van der Waals surface area contributed by atoms with E-state index in [9.17, 15) is 0 Å². The highest BCUT2D eigenvalue weighted by atomic mass is 16.5. The predicted molar refractivity (Wildman–Crippen MR) is 83.8 cm³/mol. The zero-order chi connectivity index (χ0) is 14.3. The Morgan fingerprint density at radius 1 is 1.32 bits per heavy atom. The first kappa shape index (κ1) is 18.0. The van der Waals surface area contributed by atoms with Gasteiger partial charge in [-0.3, -0.25) is 4.99 Å². The van der Waals surface area contributed by atoms with Crippen LogP contribution in [0, 0.1) is 0 Å². The third-order valence-corrected chi connectivity index (χ3v) is 2.93. The number of nitrogens with one attached hydrogen (secondary N) is 1. The van der Waals surface area contributed by atoms with Gasteiger partial charge in [0.2, 0.25) is 0 Å². The molecule has 0 bridgehead atoms. The molecule has 0 saturated carbocycles. The van der Waals surface area contributed by atoms with Crippen molar-refractivity contribution in [3.8, 4) is 0 Å². The van der Waals surface area contributed by atoms with E-state index in [2.05, 4.69) is 28.8 Å². The SMILES string of the molecule is C=CCCCCCN(C)C(=NC)NCCCOCC. The van der Waals surface area contributed by atoms with Crippen LogP contribution in [0.25, 0.3) is 0 Å². The maximum atomic E-state index is 5.31. The topological polar surface area (TPSA) is 36.9 Å². The van der Waals surface area contributed by atoms with Crippen LogP contribution in [0.4, 0.5) is 0 Å². The van der Waals surface area contributed by atoms with Crippen molar-refractivity contribution >= 4 is 5.96 Å². The Morgan fingerprint density at radius 2 is 2.11 bits per heavy atom. The highest BCUT2D eigenvalue weighted by Gasteiger charge is 2.04. The summed E-state index contributed by atoms with van der Waals surface area (Å²) in [6, 6.07) is 0. The molecule has 19 heavy (non-hydrogen) atoms. The van der Waals surface area contributed by atoms with Crippen LogP contribution in [0.5, 0.6) is 0 Å². The van der Waals surface area contributed by atoms with Gasteiger partial charge in [-0.2, -0.15) is 0 Å². The molecule has 0 fully saturated rings. The van der Waals surface area contributed by atoms with Gasteiger partial charge < -0.3 is 15.0 Å². The van der Waals surface area contributed by atoms with Gasteiger partial charge in [0.05, 0.1) is 0 Å². The molecule has 0 rings (SSSR count). The minimum atomic E-state index is 0.791. The minimum Gasteiger partial charge on any atom is -0.382 e. The smallest absolute Gasteiger partial charge is 0.193 e. The summed E-state index contributed by atoms with van der Waals surface area (Å²) in [5, 5.41) is 3.36. The second-order valence-electron chi connectivity index (χ2n) is 4.58. The van der Waals surface area contributed by atoms with Crippen molar-refractivity contribution in [1.29, 1.82) is 0 Å². The van der Waals surface area contributed by atoms with Crippen LogP contribution < -0.4 is 5.32 Å². The monoisotopic (exact) mass is 269 g/mol. The third kappa shape index (κ3) is 10.6. The first-order valence-corrected chi connectivity index (χ1v) is 7.36. The zero-order valence-corrected chi connectivity index (χ0v) is 13.0. The lowest BCUT2D eigenvalue weighted by Gasteiger charge is -2.22. The van der Waals surface area contributed by atoms with Crippen LogP contribution in [0.2, 0.25) is 0 Å². The Balaban J connectivity index is 3.67. The molecule has 1 N–H and O–H groups in total. The molecule has 0 amide bonds. The summed E-state index contributed by atoms with van der Waals surface area (Å²) < 4.78 is 5.31. The predicted octanol–water partition coefficient (Wildman–Crippen LogP) is 2.67. The van der Waals surface area contributed by atoms with Crippen molar-refractivity contribution < 1.29 is 4.74 Å². The number of nitrogens with zero attached hydrogens (tertiary/aromatic N) is 2. The van der Waals surface area contributed by atoms with Gasteiger partial charge in [0.15, 0.2) is 5.96 Å². The summed E-state index contributed by atoms with van der Waals surface area (Å²) in [4.78, 5) is 6.48. The summed E-state index contributed by atoms with van der Waals surface area (Å²) in [7, 11) is 3.92. The van der Waals surface area contributed by atoms with E-state index < -0.39 is 0 Å². The highest BCUT2D eigenvalue weighted by molar-refractivity contribution is 5.79. The molecular formula is C15H31N3O. The average molecular weight is 269 g/mol. The van der Waals surface area contributed by atoms with Crippen molar-refractivity contribution in [1.82, 2.24) is 10.2 Å². The standard InChI is InChI=1S/C15H31N3O/c1-5-7-8-9-10-13-18(4)15(16-3)17-12-11-14-19-6-2/h5H,1,6-14H2,2-4H3,(H,16,17). The Kier molecular flexibility index (Phi) is 12.7. The van der Waals surface area contributed by atoms with Crippen LogP contribution in [-0.2, 0) is 4.74 Å². The molecule has 0 aromatic rings. The van der Waals surface area contributed by atoms with Gasteiger partial charge in [-0.25, -0.2) is 0 Å². The van der Waals surface area contributed by atoms with Gasteiger partial charge in [0.1, 0.15) is 0 Å². The lowest BCUT2D eigenvalue weighted by molar-refractivity contribution is 0.145. The maximum absolute atomic E-state index is 5.31. The van der Waals surface area contributed by atoms with Crippen LogP contribution in [0.1, 0.15) is 39.0 Å². The van der Waals surface area contributed by atoms with Gasteiger partial charge in [0.25, 0.3) is 0 Å². The molecule has 0 aliphatic heterocycles. The average Bonchev–Trinajstić information content (AvgIpc) is 2.42. The molecule has 4 heteroatoms. The number of rotatable bonds is 11. The number of aliphatic imine (C=N–C) groups is 1. The van der Waals surface area contributed by atoms with E-state index in [1.807, 2.05) is 20.0 Å². The Bertz CT molecular complexity index is 242. The molecule has 0 aromatic carbocycles. The molecule has 0 heterocycles. The minimum absolute atomic E-state index is 0.791. The van der Waals surface area contributed by atoms with Gasteiger partial charge in [-0.15, -0.1) is 6.58 Å². The van der Waals surface area contributed by atoms with Crippen LogP contribution >= 0.6 is 0 Å². The highest BCUT2D eigenvalue weighted by Crippen LogP contribution is 2.01. The van der Waals surface area contributed by atoms with Gasteiger partial charge in [-0.1, -0.05) is 12.5 Å². The number of hydrogen-bond donors (Lipinski definition) is 1. The van der Waals surface area contributed by atoms with Crippen molar-refractivity contribution in [2.75, 3.05) is 40.4 Å². The van der Waals surface area contributed by atoms with Gasteiger partial charge in [0, 0.05) is 40.4 Å². The molecule has 0 aliphatic carbocycles. The van der Waals surface area contributed by atoms with Crippen molar-refractivity contribution in [3.05, 3.63) is 12.7 Å². The molecule has 112 valence electrons. The summed E-state index contributed by atoms with van der Waals surface area (Å²) >= 11 is 0. The van der Waals surface area contributed by atoms with E-state index in [1.54, 1.807) is 0 Å². The Hall–Kier alpha value is -1.03. The fourth-order valence-corrected chi connectivity index (χ4v) is 1.82. The molecule has 0 saturated heterocycles.